The minimum absolute atomic E-state index is 0.589. The summed E-state index contributed by atoms with van der Waals surface area (Å²) in [6.45, 7) is 1.19. The highest BCUT2D eigenvalue weighted by Crippen LogP contribution is 2.26. The lowest BCUT2D eigenvalue weighted by Crippen LogP contribution is -2.06. The molecule has 0 unspecified atom stereocenters. The van der Waals surface area contributed by atoms with E-state index < -0.39 is 0 Å². The molecular weight excluding hydrogens is 418 g/mol. The zero-order chi connectivity index (χ0) is 23.0. The van der Waals surface area contributed by atoms with Crippen LogP contribution in [0.4, 0.5) is 0 Å². The topological polar surface area (TPSA) is 96.8 Å². The first-order valence-corrected chi connectivity index (χ1v) is 11.1. The number of aromatic nitrogens is 4. The van der Waals surface area contributed by atoms with Gasteiger partial charge in [-0.25, -0.2) is 9.50 Å². The lowest BCUT2D eigenvalue weighted by atomic mass is 10.1. The molecule has 0 radical (unpaired) electrons. The summed E-state index contributed by atoms with van der Waals surface area (Å²) < 4.78 is 18.3. The molecule has 0 bridgehead atoms. The Bertz CT molecular complexity index is 1190. The molecular formula is C25H29N5O3. The number of hydrogen-bond donors (Lipinski definition) is 1. The van der Waals surface area contributed by atoms with Gasteiger partial charge in [0.25, 0.3) is 0 Å². The normalized spacial score (nSPS) is 11.0. The van der Waals surface area contributed by atoms with Crippen LogP contribution in [-0.2, 0) is 12.8 Å². The van der Waals surface area contributed by atoms with E-state index in [0.29, 0.717) is 13.2 Å². The zero-order valence-electron chi connectivity index (χ0n) is 19.0. The van der Waals surface area contributed by atoms with Gasteiger partial charge in [0.15, 0.2) is 11.5 Å². The van der Waals surface area contributed by atoms with Crippen molar-refractivity contribution in [1.29, 1.82) is 0 Å². The summed E-state index contributed by atoms with van der Waals surface area (Å²) in [5.74, 6) is 3.16. The highest BCUT2D eigenvalue weighted by Gasteiger charge is 2.12. The van der Waals surface area contributed by atoms with Gasteiger partial charge >= 0.3 is 0 Å². The Morgan fingerprint density at radius 2 is 1.76 bits per heavy atom. The van der Waals surface area contributed by atoms with Crippen molar-refractivity contribution in [2.75, 3.05) is 27.4 Å². The molecule has 2 heterocycles. The van der Waals surface area contributed by atoms with Gasteiger partial charge in [-0.2, -0.15) is 5.10 Å². The van der Waals surface area contributed by atoms with Crippen LogP contribution in [0.3, 0.4) is 0 Å². The average Bonchev–Trinajstić information content (AvgIpc) is 3.27. The quantitative estimate of drug-likeness (QED) is 0.350. The summed E-state index contributed by atoms with van der Waals surface area (Å²) in [7, 11) is 3.32. The van der Waals surface area contributed by atoms with Crippen molar-refractivity contribution in [3.63, 3.8) is 0 Å². The van der Waals surface area contributed by atoms with Crippen molar-refractivity contribution in [2.24, 2.45) is 5.73 Å². The van der Waals surface area contributed by atoms with Crippen LogP contribution in [0.2, 0.25) is 0 Å². The summed E-state index contributed by atoms with van der Waals surface area (Å²) in [5.41, 5.74) is 9.15. The fourth-order valence-corrected chi connectivity index (χ4v) is 3.64. The molecule has 0 aliphatic rings. The van der Waals surface area contributed by atoms with Crippen molar-refractivity contribution >= 4 is 5.65 Å². The second-order valence-corrected chi connectivity index (χ2v) is 7.67. The predicted molar refractivity (Wildman–Crippen MR) is 127 cm³/mol. The van der Waals surface area contributed by atoms with Crippen LogP contribution in [0.25, 0.3) is 16.9 Å². The van der Waals surface area contributed by atoms with Crippen LogP contribution in [0, 0.1) is 0 Å². The third kappa shape index (κ3) is 5.59. The van der Waals surface area contributed by atoms with Crippen LogP contribution in [0.1, 0.15) is 24.2 Å². The Hall–Kier alpha value is -3.65. The first-order chi connectivity index (χ1) is 16.2. The Morgan fingerprint density at radius 1 is 0.939 bits per heavy atom. The molecule has 0 spiro atoms. The van der Waals surface area contributed by atoms with E-state index in [1.165, 1.54) is 0 Å². The van der Waals surface area contributed by atoms with Gasteiger partial charge in [-0.1, -0.05) is 12.1 Å². The second-order valence-electron chi connectivity index (χ2n) is 7.67. The number of benzene rings is 2. The van der Waals surface area contributed by atoms with E-state index in [1.54, 1.807) is 24.9 Å². The smallest absolute Gasteiger partial charge is 0.181 e. The Balaban J connectivity index is 1.48. The van der Waals surface area contributed by atoms with E-state index in [-0.39, 0.29) is 0 Å². The number of nitrogens with zero attached hydrogens (tertiary/aromatic N) is 4. The predicted octanol–water partition coefficient (Wildman–Crippen LogP) is 3.71. The van der Waals surface area contributed by atoms with Gasteiger partial charge in [0.2, 0.25) is 0 Å². The Labute approximate surface area is 193 Å². The molecule has 0 atom stereocenters. The molecule has 0 aliphatic carbocycles. The van der Waals surface area contributed by atoms with Crippen molar-refractivity contribution in [3.8, 4) is 28.5 Å². The van der Waals surface area contributed by atoms with Gasteiger partial charge in [0.05, 0.1) is 20.8 Å². The van der Waals surface area contributed by atoms with Gasteiger partial charge in [0, 0.05) is 30.4 Å². The fourth-order valence-electron chi connectivity index (χ4n) is 3.64. The minimum Gasteiger partial charge on any atom is -0.497 e. The number of fused-ring (bicyclic) bond motifs is 1. The monoisotopic (exact) mass is 447 g/mol. The first kappa shape index (κ1) is 22.5. The molecule has 0 amide bonds. The Kier molecular flexibility index (Phi) is 7.36. The highest BCUT2D eigenvalue weighted by atomic mass is 16.5. The maximum atomic E-state index is 5.79. The van der Waals surface area contributed by atoms with Crippen LogP contribution >= 0.6 is 0 Å². The number of methoxy groups -OCH3 is 2. The molecule has 8 nitrogen and oxygen atoms in total. The number of rotatable bonds is 11. The number of ether oxygens (including phenoxy) is 3. The minimum atomic E-state index is 0.589. The standard InChI is InChI=1S/C25H29N5O3/c1-31-21-14-18(15-22(17-21)32-2)6-3-9-23-28-25-24(27-11-12-30(25)29-23)19-7-4-8-20(16-19)33-13-5-10-26/h4,7-8,11-12,14-17H,3,5-6,9-10,13,26H2,1-2H3. The fraction of sp³-hybridized carbons (Fsp3) is 0.320. The molecule has 0 aliphatic heterocycles. The molecule has 2 aromatic carbocycles. The average molecular weight is 448 g/mol. The maximum Gasteiger partial charge on any atom is 0.181 e. The molecule has 4 rings (SSSR count). The van der Waals surface area contributed by atoms with Gasteiger partial charge in [-0.3, -0.25) is 4.98 Å². The summed E-state index contributed by atoms with van der Waals surface area (Å²) in [4.78, 5) is 9.34. The molecule has 0 saturated heterocycles. The van der Waals surface area contributed by atoms with Gasteiger partial charge in [0.1, 0.15) is 22.9 Å². The van der Waals surface area contributed by atoms with Crippen LogP contribution in [0.5, 0.6) is 17.2 Å². The summed E-state index contributed by atoms with van der Waals surface area (Å²) in [5, 5.41) is 4.65. The molecule has 2 aromatic heterocycles. The molecule has 8 heteroatoms. The summed E-state index contributed by atoms with van der Waals surface area (Å²) >= 11 is 0. The molecule has 0 saturated carbocycles. The van der Waals surface area contributed by atoms with Crippen LogP contribution < -0.4 is 19.9 Å². The summed E-state index contributed by atoms with van der Waals surface area (Å²) in [6, 6.07) is 13.8. The van der Waals surface area contributed by atoms with E-state index in [2.05, 4.69) is 10.1 Å². The van der Waals surface area contributed by atoms with E-state index in [1.807, 2.05) is 48.7 Å². The number of aryl methyl sites for hydroxylation is 2. The van der Waals surface area contributed by atoms with Gasteiger partial charge in [-0.15, -0.1) is 0 Å². The number of nitrogens with two attached hydrogens (primary N) is 1. The second kappa shape index (κ2) is 10.8. The van der Waals surface area contributed by atoms with E-state index in [4.69, 9.17) is 24.9 Å². The van der Waals surface area contributed by atoms with Crippen LogP contribution in [-0.4, -0.2) is 47.0 Å². The Morgan fingerprint density at radius 3 is 2.52 bits per heavy atom. The van der Waals surface area contributed by atoms with Gasteiger partial charge < -0.3 is 19.9 Å². The van der Waals surface area contributed by atoms with Gasteiger partial charge in [-0.05, 0) is 55.6 Å². The first-order valence-electron chi connectivity index (χ1n) is 11.1. The van der Waals surface area contributed by atoms with E-state index in [0.717, 1.165) is 71.2 Å². The van der Waals surface area contributed by atoms with Crippen LogP contribution in [0.15, 0.2) is 54.9 Å². The number of hydrogen-bond acceptors (Lipinski definition) is 7. The molecule has 172 valence electrons. The zero-order valence-corrected chi connectivity index (χ0v) is 19.0. The highest BCUT2D eigenvalue weighted by molar-refractivity contribution is 5.74. The van der Waals surface area contributed by atoms with Crippen molar-refractivity contribution in [3.05, 3.63) is 66.2 Å². The van der Waals surface area contributed by atoms with E-state index in [9.17, 15) is 0 Å². The third-order valence-corrected chi connectivity index (χ3v) is 5.30. The molecule has 0 fully saturated rings. The third-order valence-electron chi connectivity index (χ3n) is 5.30. The molecule has 4 aromatic rings. The molecule has 2 N–H and O–H groups in total. The lowest BCUT2D eigenvalue weighted by Gasteiger charge is -2.08. The largest absolute Gasteiger partial charge is 0.497 e. The van der Waals surface area contributed by atoms with Crippen molar-refractivity contribution in [1.82, 2.24) is 19.6 Å². The van der Waals surface area contributed by atoms with Crippen molar-refractivity contribution < 1.29 is 14.2 Å². The molecule has 33 heavy (non-hydrogen) atoms. The maximum absolute atomic E-state index is 5.79. The lowest BCUT2D eigenvalue weighted by molar-refractivity contribution is 0.313. The SMILES string of the molecule is COc1cc(CCCc2nc3c(-c4cccc(OCCCN)c4)nccn3n2)cc(OC)c1. The van der Waals surface area contributed by atoms with E-state index >= 15 is 0 Å². The summed E-state index contributed by atoms with van der Waals surface area (Å²) in [6.07, 6.45) is 6.91. The van der Waals surface area contributed by atoms with Crippen molar-refractivity contribution in [2.45, 2.75) is 25.7 Å².